The van der Waals surface area contributed by atoms with Crippen LogP contribution in [0.5, 0.6) is 0 Å². The molecular weight excluding hydrogens is 512 g/mol. The van der Waals surface area contributed by atoms with Crippen molar-refractivity contribution in [3.8, 4) is 0 Å². The van der Waals surface area contributed by atoms with E-state index in [0.717, 1.165) is 18.6 Å². The van der Waals surface area contributed by atoms with Crippen LogP contribution in [0.15, 0.2) is 0 Å². The number of hydrogen-bond donors (Lipinski definition) is 0. The minimum atomic E-state index is -1.55. The molecule has 1 saturated heterocycles. The fraction of sp³-hybridized carbons (Fsp3) is 0.857. The molecule has 222 valence electrons. The summed E-state index contributed by atoms with van der Waals surface area (Å²) in [5.41, 5.74) is -0.610. The number of esters is 4. The average molecular weight is 563 g/mol. The summed E-state index contributed by atoms with van der Waals surface area (Å²) in [6.45, 7) is 7.04. The van der Waals surface area contributed by atoms with Crippen LogP contribution in [0, 0.1) is 0 Å². The van der Waals surface area contributed by atoms with Crippen molar-refractivity contribution in [2.45, 2.75) is 129 Å². The van der Waals surface area contributed by atoms with Gasteiger partial charge in [0.2, 0.25) is 0 Å². The number of ether oxygens (including phenoxy) is 5. The van der Waals surface area contributed by atoms with Crippen molar-refractivity contribution in [2.75, 3.05) is 24.9 Å². The quantitative estimate of drug-likeness (QED) is 0.136. The van der Waals surface area contributed by atoms with Crippen molar-refractivity contribution in [1.29, 1.82) is 0 Å². The Balaban J connectivity index is 2.99. The van der Waals surface area contributed by atoms with Crippen LogP contribution >= 0.6 is 10.0 Å². The molecule has 0 N–H and O–H groups in total. The van der Waals surface area contributed by atoms with E-state index in [-0.39, 0.29) is 6.61 Å². The smallest absolute Gasteiger partial charge is 0.303 e. The van der Waals surface area contributed by atoms with Gasteiger partial charge in [-0.15, -0.1) is 0 Å². The van der Waals surface area contributed by atoms with E-state index in [2.05, 4.69) is 19.4 Å². The van der Waals surface area contributed by atoms with Crippen molar-refractivity contribution in [3.05, 3.63) is 0 Å². The molecule has 10 heteroatoms. The number of hydrogen-bond acceptors (Lipinski definition) is 9. The second-order valence-corrected chi connectivity index (χ2v) is 14.7. The topological polar surface area (TPSA) is 114 Å². The zero-order valence-electron chi connectivity index (χ0n) is 24.5. The molecule has 1 aliphatic rings. The predicted molar refractivity (Wildman–Crippen MR) is 148 cm³/mol. The van der Waals surface area contributed by atoms with Gasteiger partial charge in [-0.3, -0.25) is 19.2 Å². The molecule has 0 radical (unpaired) electrons. The van der Waals surface area contributed by atoms with Gasteiger partial charge in [0, 0.05) is 27.7 Å². The lowest BCUT2D eigenvalue weighted by Crippen LogP contribution is -2.63. The normalized spacial score (nSPS) is 23.8. The van der Waals surface area contributed by atoms with Crippen molar-refractivity contribution in [3.63, 3.8) is 0 Å². The lowest BCUT2D eigenvalue weighted by atomic mass is 9.99. The molecule has 1 heterocycles. The lowest BCUT2D eigenvalue weighted by molar-refractivity contribution is -0.238. The monoisotopic (exact) mass is 562 g/mol. The van der Waals surface area contributed by atoms with Gasteiger partial charge in [-0.2, -0.15) is 0 Å². The molecule has 0 spiro atoms. The fourth-order valence-electron chi connectivity index (χ4n) is 4.78. The molecular formula is C28H50O9S. The van der Waals surface area contributed by atoms with Gasteiger partial charge in [0.15, 0.2) is 18.3 Å². The highest BCUT2D eigenvalue weighted by atomic mass is 32.3. The zero-order valence-corrected chi connectivity index (χ0v) is 25.3. The van der Waals surface area contributed by atoms with E-state index in [0.29, 0.717) is 0 Å². The first-order chi connectivity index (χ1) is 17.9. The summed E-state index contributed by atoms with van der Waals surface area (Å²) in [6, 6.07) is 0. The Kier molecular flexibility index (Phi) is 16.0. The van der Waals surface area contributed by atoms with E-state index in [4.69, 9.17) is 23.7 Å². The number of carbonyl (C=O) groups excluding carboxylic acids is 4. The Morgan fingerprint density at radius 2 is 1.08 bits per heavy atom. The lowest BCUT2D eigenvalue weighted by Gasteiger charge is -2.51. The van der Waals surface area contributed by atoms with Crippen LogP contribution < -0.4 is 0 Å². The van der Waals surface area contributed by atoms with Gasteiger partial charge in [0.25, 0.3) is 0 Å². The van der Waals surface area contributed by atoms with Crippen LogP contribution in [0.3, 0.4) is 0 Å². The van der Waals surface area contributed by atoms with Gasteiger partial charge in [-0.05, 0) is 24.7 Å². The van der Waals surface area contributed by atoms with Gasteiger partial charge >= 0.3 is 23.9 Å². The highest BCUT2D eigenvalue weighted by molar-refractivity contribution is 8.33. The summed E-state index contributed by atoms with van der Waals surface area (Å²) >= 11 is 0. The minimum absolute atomic E-state index is 0.192. The molecule has 0 bridgehead atoms. The Morgan fingerprint density at radius 1 is 0.632 bits per heavy atom. The van der Waals surface area contributed by atoms with Crippen molar-refractivity contribution >= 4 is 33.9 Å². The third-order valence-electron chi connectivity index (χ3n) is 6.60. The molecule has 5 unspecified atom stereocenters. The van der Waals surface area contributed by atoms with E-state index in [1.165, 1.54) is 79.1 Å². The summed E-state index contributed by atoms with van der Waals surface area (Å²) in [5, 5.41) is 0. The van der Waals surface area contributed by atoms with Crippen LogP contribution in [-0.4, -0.2) is 78.6 Å². The maximum absolute atomic E-state index is 12.1. The van der Waals surface area contributed by atoms with Crippen LogP contribution in [0.25, 0.3) is 0 Å². The van der Waals surface area contributed by atoms with Crippen LogP contribution in [0.4, 0.5) is 0 Å². The summed E-state index contributed by atoms with van der Waals surface area (Å²) in [6.07, 6.45) is 12.4. The molecule has 1 aliphatic heterocycles. The number of carbonyl (C=O) groups is 4. The van der Waals surface area contributed by atoms with Crippen molar-refractivity contribution in [1.82, 2.24) is 0 Å². The Labute approximate surface area is 230 Å². The fourth-order valence-corrected chi connectivity index (χ4v) is 7.34. The second kappa shape index (κ2) is 17.7. The molecule has 5 atom stereocenters. The molecule has 0 aliphatic carbocycles. The summed E-state index contributed by atoms with van der Waals surface area (Å²) < 4.78 is 28.3. The maximum atomic E-state index is 12.1. The predicted octanol–water partition coefficient (Wildman–Crippen LogP) is 5.05. The molecule has 38 heavy (non-hydrogen) atoms. The largest absolute Gasteiger partial charge is 0.463 e. The summed E-state index contributed by atoms with van der Waals surface area (Å²) in [7, 11) is -1.55. The Hall–Kier alpha value is -1.81. The first-order valence-electron chi connectivity index (χ1n) is 13.9. The highest BCUT2D eigenvalue weighted by Crippen LogP contribution is 2.52. The molecule has 1 rings (SSSR count). The SMILES string of the molecule is CCCCCCCCCCCCS(C)(C)C1OC(COC(C)=O)C(OC(C)=O)C(OC(C)=O)C1OC(C)=O. The third-order valence-corrected chi connectivity index (χ3v) is 9.58. The first-order valence-corrected chi connectivity index (χ1v) is 16.6. The van der Waals surface area contributed by atoms with Crippen LogP contribution in [-0.2, 0) is 42.9 Å². The first kappa shape index (κ1) is 34.2. The number of rotatable bonds is 17. The van der Waals surface area contributed by atoms with Gasteiger partial charge in [0.05, 0.1) is 0 Å². The van der Waals surface area contributed by atoms with Crippen LogP contribution in [0.2, 0.25) is 0 Å². The highest BCUT2D eigenvalue weighted by Gasteiger charge is 2.54. The average Bonchev–Trinajstić information content (AvgIpc) is 2.80. The minimum Gasteiger partial charge on any atom is -0.463 e. The summed E-state index contributed by atoms with van der Waals surface area (Å²) in [5.74, 6) is -1.46. The van der Waals surface area contributed by atoms with Crippen molar-refractivity contribution < 1.29 is 42.9 Å². The Morgan fingerprint density at radius 3 is 1.55 bits per heavy atom. The van der Waals surface area contributed by atoms with Gasteiger partial charge < -0.3 is 23.7 Å². The zero-order chi connectivity index (χ0) is 28.7. The molecule has 9 nitrogen and oxygen atoms in total. The second-order valence-electron chi connectivity index (χ2n) is 10.6. The molecule has 0 aromatic rings. The van der Waals surface area contributed by atoms with E-state index in [9.17, 15) is 19.2 Å². The summed E-state index contributed by atoms with van der Waals surface area (Å²) in [4.78, 5) is 47.6. The van der Waals surface area contributed by atoms with Gasteiger partial charge in [-0.25, -0.2) is 10.0 Å². The Bertz CT molecular complexity index is 755. The molecule has 0 amide bonds. The molecule has 1 fully saturated rings. The molecule has 0 aromatic carbocycles. The van der Waals surface area contributed by atoms with Crippen molar-refractivity contribution in [2.24, 2.45) is 0 Å². The van der Waals surface area contributed by atoms with E-state index in [1.807, 2.05) is 0 Å². The van der Waals surface area contributed by atoms with E-state index >= 15 is 0 Å². The molecule has 0 aromatic heterocycles. The third kappa shape index (κ3) is 12.8. The van der Waals surface area contributed by atoms with Gasteiger partial charge in [0.1, 0.15) is 18.1 Å². The van der Waals surface area contributed by atoms with Gasteiger partial charge in [-0.1, -0.05) is 64.7 Å². The van der Waals surface area contributed by atoms with E-state index in [1.54, 1.807) is 0 Å². The van der Waals surface area contributed by atoms with Crippen LogP contribution in [0.1, 0.15) is 98.8 Å². The maximum Gasteiger partial charge on any atom is 0.303 e. The number of unbranched alkanes of at least 4 members (excludes halogenated alkanes) is 9. The molecule has 0 saturated carbocycles. The van der Waals surface area contributed by atoms with E-state index < -0.39 is 63.8 Å². The standard InChI is InChI=1S/C28H50O9S/c1-8-9-10-11-12-13-14-15-16-17-18-38(6,7)28-27(36-23(5)32)26(35-22(4)31)25(34-21(3)30)24(37-28)19-33-20(2)29/h24-28H,8-19H2,1-7H3.